The molecule has 1 aromatic carbocycles. The lowest BCUT2D eigenvalue weighted by Gasteiger charge is -2.00. The van der Waals surface area contributed by atoms with Gasteiger partial charge in [0.2, 0.25) is 5.69 Å². The Kier molecular flexibility index (Phi) is 1.63. The highest BCUT2D eigenvalue weighted by Crippen LogP contribution is 2.33. The van der Waals surface area contributed by atoms with Crippen molar-refractivity contribution in [2.75, 3.05) is 0 Å². The van der Waals surface area contributed by atoms with E-state index in [4.69, 9.17) is 21.1 Å². The number of benzene rings is 1. The maximum atomic E-state index is 8.82. The molecule has 0 bridgehead atoms. The molecule has 0 radical (unpaired) electrons. The standard InChI is InChI=1S/C10H5N3/c1-7-4-5-9(12-2)10(13-3)8(7)6-11/h4-5H,1H3/i4D,5D. The van der Waals surface area contributed by atoms with E-state index in [1.807, 2.05) is 0 Å². The molecule has 0 aliphatic heterocycles. The Morgan fingerprint density at radius 1 is 1.46 bits per heavy atom. The third-order valence-electron chi connectivity index (χ3n) is 1.54. The van der Waals surface area contributed by atoms with E-state index in [0.717, 1.165) is 0 Å². The fraction of sp³-hybridized carbons (Fsp3) is 0.100. The lowest BCUT2D eigenvalue weighted by molar-refractivity contribution is 1.41. The van der Waals surface area contributed by atoms with E-state index in [1.54, 1.807) is 6.07 Å². The zero-order valence-corrected chi connectivity index (χ0v) is 6.84. The van der Waals surface area contributed by atoms with Crippen LogP contribution in [0.1, 0.15) is 13.9 Å². The van der Waals surface area contributed by atoms with Gasteiger partial charge in [0, 0.05) is 6.93 Å². The molecule has 1 rings (SSSR count). The van der Waals surface area contributed by atoms with Crippen molar-refractivity contribution in [2.24, 2.45) is 0 Å². The molecule has 0 saturated heterocycles. The highest BCUT2D eigenvalue weighted by atomic mass is 14.8. The van der Waals surface area contributed by atoms with E-state index in [0.29, 0.717) is 0 Å². The molecule has 0 saturated carbocycles. The van der Waals surface area contributed by atoms with Crippen LogP contribution in [-0.4, -0.2) is 0 Å². The van der Waals surface area contributed by atoms with Crippen molar-refractivity contribution in [3.05, 3.63) is 46.0 Å². The van der Waals surface area contributed by atoms with Crippen LogP contribution in [0.15, 0.2) is 12.1 Å². The molecular weight excluding hydrogens is 162 g/mol. The molecular formula is C10H5N3. The SMILES string of the molecule is [2H]c1c([2H])c([N+]#[C-])c([N+]#[C-])c(C#N)c1C. The quantitative estimate of drug-likeness (QED) is 0.549. The van der Waals surface area contributed by atoms with Crippen LogP contribution >= 0.6 is 0 Å². The van der Waals surface area contributed by atoms with E-state index in [1.165, 1.54) is 6.92 Å². The van der Waals surface area contributed by atoms with Crippen LogP contribution in [0.5, 0.6) is 0 Å². The Hall–Kier alpha value is -2.31. The smallest absolute Gasteiger partial charge is 0.212 e. The van der Waals surface area contributed by atoms with Crippen LogP contribution in [0.4, 0.5) is 11.4 Å². The van der Waals surface area contributed by atoms with Gasteiger partial charge >= 0.3 is 0 Å². The fourth-order valence-corrected chi connectivity index (χ4v) is 0.897. The minimum Gasteiger partial charge on any atom is -0.250 e. The number of hydrogen-bond acceptors (Lipinski definition) is 1. The molecule has 0 fully saturated rings. The molecule has 3 nitrogen and oxygen atoms in total. The van der Waals surface area contributed by atoms with Gasteiger partial charge in [-0.05, 0) is 12.5 Å². The van der Waals surface area contributed by atoms with Crippen molar-refractivity contribution in [1.29, 1.82) is 5.26 Å². The molecule has 0 aliphatic carbocycles. The van der Waals surface area contributed by atoms with Crippen LogP contribution in [0.3, 0.4) is 0 Å². The first-order valence-electron chi connectivity index (χ1n) is 4.37. The maximum absolute atomic E-state index is 8.82. The van der Waals surface area contributed by atoms with E-state index in [2.05, 4.69) is 9.69 Å². The summed E-state index contributed by atoms with van der Waals surface area (Å²) in [5.41, 5.74) is -0.0268. The lowest BCUT2D eigenvalue weighted by Crippen LogP contribution is -1.81. The minimum absolute atomic E-state index is 0.0250. The average molecular weight is 169 g/mol. The molecule has 0 N–H and O–H groups in total. The second-order valence-electron chi connectivity index (χ2n) is 2.28. The predicted molar refractivity (Wildman–Crippen MR) is 48.4 cm³/mol. The van der Waals surface area contributed by atoms with Gasteiger partial charge in [-0.3, -0.25) is 4.85 Å². The summed E-state index contributed by atoms with van der Waals surface area (Å²) in [6.07, 6.45) is 0. The molecule has 0 atom stereocenters. The van der Waals surface area contributed by atoms with E-state index >= 15 is 0 Å². The normalized spacial score (nSPS) is 10.3. The first-order chi connectivity index (χ1) is 7.08. The third kappa shape index (κ3) is 1.34. The van der Waals surface area contributed by atoms with Crippen LogP contribution in [0.2, 0.25) is 0 Å². The third-order valence-corrected chi connectivity index (χ3v) is 1.54. The van der Waals surface area contributed by atoms with Crippen LogP contribution in [0, 0.1) is 31.4 Å². The van der Waals surface area contributed by atoms with Gasteiger partial charge < -0.3 is 0 Å². The molecule has 0 heterocycles. The van der Waals surface area contributed by atoms with E-state index in [-0.39, 0.29) is 34.6 Å². The Morgan fingerprint density at radius 3 is 2.62 bits per heavy atom. The predicted octanol–water partition coefficient (Wildman–Crippen LogP) is 2.97. The molecule has 0 aromatic heterocycles. The van der Waals surface area contributed by atoms with Gasteiger partial charge in [0.1, 0.15) is 0 Å². The number of nitrogens with zero attached hydrogens (tertiary/aromatic N) is 3. The molecule has 0 amide bonds. The summed E-state index contributed by atoms with van der Waals surface area (Å²) < 4.78 is 15.0. The summed E-state index contributed by atoms with van der Waals surface area (Å²) in [5.74, 6) is 0. The van der Waals surface area contributed by atoms with Gasteiger partial charge in [-0.2, -0.15) is 5.26 Å². The zero-order chi connectivity index (χ0) is 11.6. The molecule has 0 spiro atoms. The maximum Gasteiger partial charge on any atom is 0.212 e. The van der Waals surface area contributed by atoms with Gasteiger partial charge in [0.25, 0.3) is 0 Å². The summed E-state index contributed by atoms with van der Waals surface area (Å²) in [6, 6.07) is 1.35. The highest BCUT2D eigenvalue weighted by molar-refractivity contribution is 5.78. The zero-order valence-electron chi connectivity index (χ0n) is 8.84. The first-order valence-corrected chi connectivity index (χ1v) is 3.37. The van der Waals surface area contributed by atoms with Crippen molar-refractivity contribution in [3.8, 4) is 6.07 Å². The lowest BCUT2D eigenvalue weighted by atomic mass is 10.1. The van der Waals surface area contributed by atoms with Gasteiger partial charge in [-0.25, -0.2) is 4.85 Å². The Balaban J connectivity index is 3.90. The van der Waals surface area contributed by atoms with Gasteiger partial charge in [-0.1, -0.05) is 12.1 Å². The molecule has 13 heavy (non-hydrogen) atoms. The van der Waals surface area contributed by atoms with Gasteiger partial charge in [0.05, 0.1) is 20.6 Å². The van der Waals surface area contributed by atoms with Crippen LogP contribution in [0.25, 0.3) is 9.69 Å². The van der Waals surface area contributed by atoms with Crippen molar-refractivity contribution in [1.82, 2.24) is 0 Å². The highest BCUT2D eigenvalue weighted by Gasteiger charge is 2.10. The number of nitriles is 1. The second kappa shape index (κ2) is 3.39. The van der Waals surface area contributed by atoms with E-state index < -0.39 is 0 Å². The summed E-state index contributed by atoms with van der Waals surface area (Å²) in [7, 11) is 0. The molecule has 0 unspecified atom stereocenters. The van der Waals surface area contributed by atoms with Crippen molar-refractivity contribution < 1.29 is 2.74 Å². The van der Waals surface area contributed by atoms with Gasteiger partial charge in [-0.15, -0.1) is 0 Å². The second-order valence-corrected chi connectivity index (χ2v) is 2.28. The monoisotopic (exact) mass is 169 g/mol. The van der Waals surface area contributed by atoms with Gasteiger partial charge in [0.15, 0.2) is 5.69 Å². The largest absolute Gasteiger partial charge is 0.250 e. The number of rotatable bonds is 0. The van der Waals surface area contributed by atoms with Crippen molar-refractivity contribution >= 4 is 11.4 Å². The van der Waals surface area contributed by atoms with Crippen LogP contribution in [-0.2, 0) is 0 Å². The summed E-state index contributed by atoms with van der Waals surface area (Å²) in [5, 5.41) is 8.82. The van der Waals surface area contributed by atoms with Crippen LogP contribution < -0.4 is 0 Å². The number of hydrogen-bond donors (Lipinski definition) is 0. The molecule has 60 valence electrons. The summed E-state index contributed by atoms with van der Waals surface area (Å²) in [4.78, 5) is 6.11. The first kappa shape index (κ1) is 6.23. The molecule has 0 aliphatic rings. The van der Waals surface area contributed by atoms with Crippen molar-refractivity contribution in [3.63, 3.8) is 0 Å². The van der Waals surface area contributed by atoms with Crippen molar-refractivity contribution in [2.45, 2.75) is 6.92 Å². The minimum atomic E-state index is -0.285. The Bertz CT molecular complexity index is 515. The topological polar surface area (TPSA) is 32.5 Å². The summed E-state index contributed by atoms with van der Waals surface area (Å²) in [6.45, 7) is 15.2. The summed E-state index contributed by atoms with van der Waals surface area (Å²) >= 11 is 0. The fourth-order valence-electron chi connectivity index (χ4n) is 0.897. The Morgan fingerprint density at radius 2 is 2.15 bits per heavy atom. The molecule has 3 heteroatoms. The Labute approximate surface area is 79.3 Å². The van der Waals surface area contributed by atoms with E-state index in [9.17, 15) is 0 Å². The molecule has 1 aromatic rings. The average Bonchev–Trinajstić information content (AvgIpc) is 2.25.